The number of hydrogen-bond donors (Lipinski definition) is 1. The highest BCUT2D eigenvalue weighted by molar-refractivity contribution is 8.05. The van der Waals surface area contributed by atoms with Crippen molar-refractivity contribution in [3.8, 4) is 6.07 Å². The molecule has 1 saturated heterocycles. The van der Waals surface area contributed by atoms with Crippen LogP contribution in [-0.4, -0.2) is 23.6 Å². The molecular weight excluding hydrogens is 425 g/mol. The molecule has 1 N–H and O–H groups in total. The summed E-state index contributed by atoms with van der Waals surface area (Å²) < 4.78 is 13.3. The maximum Gasteiger partial charge on any atom is 0.264 e. The van der Waals surface area contributed by atoms with Crippen molar-refractivity contribution in [2.45, 2.75) is 31.4 Å². The summed E-state index contributed by atoms with van der Waals surface area (Å²) in [6.45, 7) is 7.93. The van der Waals surface area contributed by atoms with Crippen molar-refractivity contribution >= 4 is 29.3 Å². The van der Waals surface area contributed by atoms with E-state index in [1.165, 1.54) is 34.9 Å². The Morgan fingerprint density at radius 2 is 1.91 bits per heavy atom. The van der Waals surface area contributed by atoms with E-state index in [4.69, 9.17) is 0 Å². The molecule has 1 atom stereocenters. The molecule has 0 radical (unpaired) electrons. The number of nitriles is 1. The number of benzene rings is 2. The highest BCUT2D eigenvalue weighted by Crippen LogP contribution is 2.42. The summed E-state index contributed by atoms with van der Waals surface area (Å²) in [4.78, 5) is 27.5. The molecule has 1 aliphatic heterocycles. The second-order valence-corrected chi connectivity index (χ2v) is 8.84. The number of nitrogens with one attached hydrogen (secondary N) is 1. The standard InChI is InChI=1S/C25H24FN3O2S/c1-4-13-28-23(30)21(15-27)25-29(20-11-7-18(8-12-20)16(2)3)24(31)22(32-25)14-17-5-9-19(26)10-6-17/h4-12,16,22H,1,13-14H2,2-3H3,(H,28,30)/b25-21-. The molecule has 0 spiro atoms. The minimum atomic E-state index is -0.561. The van der Waals surface area contributed by atoms with E-state index >= 15 is 0 Å². The van der Waals surface area contributed by atoms with Crippen LogP contribution in [0, 0.1) is 17.1 Å². The van der Waals surface area contributed by atoms with E-state index in [1.54, 1.807) is 12.1 Å². The van der Waals surface area contributed by atoms with E-state index < -0.39 is 11.2 Å². The molecule has 0 aliphatic carbocycles. The van der Waals surface area contributed by atoms with E-state index in [0.29, 0.717) is 23.1 Å². The van der Waals surface area contributed by atoms with Crippen LogP contribution < -0.4 is 10.2 Å². The predicted octanol–water partition coefficient (Wildman–Crippen LogP) is 4.68. The van der Waals surface area contributed by atoms with Gasteiger partial charge in [0.15, 0.2) is 0 Å². The summed E-state index contributed by atoms with van der Waals surface area (Å²) in [6, 6.07) is 15.5. The fourth-order valence-electron chi connectivity index (χ4n) is 3.32. The molecule has 2 aromatic carbocycles. The molecule has 1 unspecified atom stereocenters. The molecule has 0 bridgehead atoms. The van der Waals surface area contributed by atoms with E-state index in [9.17, 15) is 19.2 Å². The molecule has 5 nitrogen and oxygen atoms in total. The fraction of sp³-hybridized carbons (Fsp3) is 0.240. The number of carbonyl (C=O) groups is 2. The molecule has 3 rings (SSSR count). The quantitative estimate of drug-likeness (QED) is 0.379. The maximum absolute atomic E-state index is 13.4. The number of anilines is 1. The number of rotatable bonds is 7. The molecule has 2 aromatic rings. The Morgan fingerprint density at radius 1 is 1.25 bits per heavy atom. The van der Waals surface area contributed by atoms with Crippen LogP contribution in [-0.2, 0) is 16.0 Å². The van der Waals surface area contributed by atoms with Crippen molar-refractivity contribution in [1.29, 1.82) is 5.26 Å². The van der Waals surface area contributed by atoms with Crippen LogP contribution in [0.1, 0.15) is 30.9 Å². The van der Waals surface area contributed by atoms with Crippen molar-refractivity contribution in [2.24, 2.45) is 0 Å². The molecule has 164 valence electrons. The summed E-state index contributed by atoms with van der Waals surface area (Å²) in [6.07, 6.45) is 1.87. The van der Waals surface area contributed by atoms with Crippen LogP contribution in [0.15, 0.2) is 71.8 Å². The molecule has 2 amide bonds. The molecule has 1 heterocycles. The molecular formula is C25H24FN3O2S. The topological polar surface area (TPSA) is 73.2 Å². The average molecular weight is 450 g/mol. The number of thioether (sulfide) groups is 1. The Balaban J connectivity index is 2.02. The van der Waals surface area contributed by atoms with Gasteiger partial charge in [0.25, 0.3) is 5.91 Å². The second kappa shape index (κ2) is 10.3. The molecule has 1 fully saturated rings. The zero-order valence-corrected chi connectivity index (χ0v) is 18.8. The highest BCUT2D eigenvalue weighted by Gasteiger charge is 2.40. The van der Waals surface area contributed by atoms with Gasteiger partial charge in [-0.05, 0) is 47.7 Å². The van der Waals surface area contributed by atoms with Gasteiger partial charge in [0.2, 0.25) is 5.91 Å². The summed E-state index contributed by atoms with van der Waals surface area (Å²) in [7, 11) is 0. The Morgan fingerprint density at radius 3 is 2.47 bits per heavy atom. The van der Waals surface area contributed by atoms with E-state index in [1.807, 2.05) is 30.3 Å². The van der Waals surface area contributed by atoms with Gasteiger partial charge in [-0.1, -0.05) is 56.0 Å². The highest BCUT2D eigenvalue weighted by atomic mass is 32.2. The Hall–Kier alpha value is -3.37. The lowest BCUT2D eigenvalue weighted by Gasteiger charge is -2.19. The summed E-state index contributed by atoms with van der Waals surface area (Å²) in [5.74, 6) is -0.810. The molecule has 32 heavy (non-hydrogen) atoms. The van der Waals surface area contributed by atoms with Gasteiger partial charge in [-0.15, -0.1) is 6.58 Å². The third-order valence-corrected chi connectivity index (χ3v) is 6.33. The predicted molar refractivity (Wildman–Crippen MR) is 125 cm³/mol. The summed E-state index contributed by atoms with van der Waals surface area (Å²) in [5, 5.41) is 12.1. The molecule has 1 aliphatic rings. The Bertz CT molecular complexity index is 1090. The number of carbonyl (C=O) groups excluding carboxylic acids is 2. The first kappa shape index (κ1) is 23.3. The van der Waals surface area contributed by atoms with Gasteiger partial charge in [0.1, 0.15) is 22.5 Å². The van der Waals surface area contributed by atoms with Gasteiger partial charge in [-0.25, -0.2) is 4.39 Å². The third kappa shape index (κ3) is 5.09. The minimum absolute atomic E-state index is 0.125. The van der Waals surface area contributed by atoms with Crippen molar-refractivity contribution in [2.75, 3.05) is 11.4 Å². The lowest BCUT2D eigenvalue weighted by atomic mass is 10.0. The number of halogens is 1. The average Bonchev–Trinajstić information content (AvgIpc) is 3.10. The number of hydrogen-bond acceptors (Lipinski definition) is 4. The van der Waals surface area contributed by atoms with Crippen molar-refractivity contribution in [1.82, 2.24) is 5.32 Å². The van der Waals surface area contributed by atoms with Crippen molar-refractivity contribution in [3.05, 3.63) is 88.7 Å². The SMILES string of the molecule is C=CCNC(=O)/C(C#N)=C1\SC(Cc2ccc(F)cc2)C(=O)N1c1ccc(C(C)C)cc1. The third-order valence-electron chi connectivity index (χ3n) is 5.06. The molecule has 0 saturated carbocycles. The van der Waals surface area contributed by atoms with Crippen LogP contribution in [0.5, 0.6) is 0 Å². The number of nitrogens with zero attached hydrogens (tertiary/aromatic N) is 2. The zero-order valence-electron chi connectivity index (χ0n) is 18.0. The van der Waals surface area contributed by atoms with E-state index in [0.717, 1.165) is 11.1 Å². The smallest absolute Gasteiger partial charge is 0.264 e. The van der Waals surface area contributed by atoms with Crippen LogP contribution in [0.2, 0.25) is 0 Å². The minimum Gasteiger partial charge on any atom is -0.348 e. The van der Waals surface area contributed by atoms with Crippen molar-refractivity contribution in [3.63, 3.8) is 0 Å². The van der Waals surface area contributed by atoms with Crippen molar-refractivity contribution < 1.29 is 14.0 Å². The normalized spacial score (nSPS) is 17.3. The van der Waals surface area contributed by atoms with Crippen LogP contribution >= 0.6 is 11.8 Å². The Labute approximate surface area is 191 Å². The number of amides is 2. The first-order chi connectivity index (χ1) is 15.3. The first-order valence-electron chi connectivity index (χ1n) is 10.2. The fourth-order valence-corrected chi connectivity index (χ4v) is 4.63. The van der Waals surface area contributed by atoms with Gasteiger partial charge in [-0.3, -0.25) is 14.5 Å². The monoisotopic (exact) mass is 449 g/mol. The second-order valence-electron chi connectivity index (χ2n) is 7.65. The van der Waals surface area contributed by atoms with Gasteiger partial charge in [-0.2, -0.15) is 5.26 Å². The van der Waals surface area contributed by atoms with E-state index in [2.05, 4.69) is 25.7 Å². The maximum atomic E-state index is 13.4. The van der Waals surface area contributed by atoms with Gasteiger partial charge in [0.05, 0.1) is 5.25 Å². The molecule has 0 aromatic heterocycles. The summed E-state index contributed by atoms with van der Waals surface area (Å²) in [5.41, 5.74) is 2.38. The summed E-state index contributed by atoms with van der Waals surface area (Å²) >= 11 is 1.18. The first-order valence-corrected chi connectivity index (χ1v) is 11.1. The largest absolute Gasteiger partial charge is 0.348 e. The Kier molecular flexibility index (Phi) is 7.49. The van der Waals surface area contributed by atoms with E-state index in [-0.39, 0.29) is 23.8 Å². The lowest BCUT2D eigenvalue weighted by Crippen LogP contribution is -2.32. The van der Waals surface area contributed by atoms with Gasteiger partial charge < -0.3 is 5.32 Å². The van der Waals surface area contributed by atoms with Crippen LogP contribution in [0.25, 0.3) is 0 Å². The van der Waals surface area contributed by atoms with Gasteiger partial charge >= 0.3 is 0 Å². The van der Waals surface area contributed by atoms with Crippen LogP contribution in [0.3, 0.4) is 0 Å². The molecule has 7 heteroatoms. The lowest BCUT2D eigenvalue weighted by molar-refractivity contribution is -0.117. The van der Waals surface area contributed by atoms with Crippen LogP contribution in [0.4, 0.5) is 10.1 Å². The zero-order chi connectivity index (χ0) is 23.3. The van der Waals surface area contributed by atoms with Gasteiger partial charge in [0, 0.05) is 12.2 Å².